The van der Waals surface area contributed by atoms with Gasteiger partial charge in [-0.1, -0.05) is 18.2 Å². The summed E-state index contributed by atoms with van der Waals surface area (Å²) in [6.45, 7) is 1.61. The number of para-hydroxylation sites is 1. The molecular formula is C15H13F3N2O2. The first-order chi connectivity index (χ1) is 10.2. The van der Waals surface area contributed by atoms with Crippen LogP contribution in [0, 0.1) is 6.92 Å². The average molecular weight is 310 g/mol. The van der Waals surface area contributed by atoms with Crippen molar-refractivity contribution in [3.63, 3.8) is 0 Å². The molecule has 7 heteroatoms. The van der Waals surface area contributed by atoms with E-state index in [0.29, 0.717) is 11.1 Å². The molecule has 0 radical (unpaired) electrons. The number of anilines is 1. The standard InChI is InChI=1S/C15H13F3N2O2/c1-8-11(14(20)21)6-9(7-12(8)19)10-4-2-3-5-13(10)22-15(16,17)18/h2-7H,19H2,1H3,(H2,20,21). The Balaban J connectivity index is 2.60. The van der Waals surface area contributed by atoms with Crippen molar-refractivity contribution < 1.29 is 22.7 Å². The lowest BCUT2D eigenvalue weighted by Crippen LogP contribution is -2.17. The largest absolute Gasteiger partial charge is 0.573 e. The summed E-state index contributed by atoms with van der Waals surface area (Å²) in [6.07, 6.45) is -4.82. The van der Waals surface area contributed by atoms with Crippen LogP contribution in [-0.2, 0) is 0 Å². The zero-order valence-corrected chi connectivity index (χ0v) is 11.6. The van der Waals surface area contributed by atoms with Crippen molar-refractivity contribution in [2.24, 2.45) is 5.73 Å². The van der Waals surface area contributed by atoms with Crippen molar-refractivity contribution in [3.05, 3.63) is 47.5 Å². The van der Waals surface area contributed by atoms with E-state index in [2.05, 4.69) is 4.74 Å². The first-order valence-electron chi connectivity index (χ1n) is 6.24. The summed E-state index contributed by atoms with van der Waals surface area (Å²) in [5.74, 6) is -1.09. The molecule has 0 aliphatic rings. The van der Waals surface area contributed by atoms with Crippen LogP contribution in [0.2, 0.25) is 0 Å². The molecule has 0 aliphatic carbocycles. The van der Waals surface area contributed by atoms with Gasteiger partial charge in [-0.25, -0.2) is 0 Å². The number of hydrogen-bond donors (Lipinski definition) is 2. The number of ether oxygens (including phenoxy) is 1. The SMILES string of the molecule is Cc1c(N)cc(-c2ccccc2OC(F)(F)F)cc1C(N)=O. The molecule has 2 rings (SSSR count). The van der Waals surface area contributed by atoms with Crippen LogP contribution in [0.25, 0.3) is 11.1 Å². The predicted molar refractivity (Wildman–Crippen MR) is 76.2 cm³/mol. The third-order valence-corrected chi connectivity index (χ3v) is 3.14. The van der Waals surface area contributed by atoms with E-state index < -0.39 is 12.3 Å². The molecule has 4 nitrogen and oxygen atoms in total. The molecule has 2 aromatic rings. The molecule has 0 spiro atoms. The second-order valence-electron chi connectivity index (χ2n) is 4.65. The van der Waals surface area contributed by atoms with Crippen molar-refractivity contribution in [3.8, 4) is 16.9 Å². The molecule has 1 amide bonds. The molecule has 0 bridgehead atoms. The van der Waals surface area contributed by atoms with Crippen LogP contribution in [0.5, 0.6) is 5.75 Å². The molecule has 22 heavy (non-hydrogen) atoms. The summed E-state index contributed by atoms with van der Waals surface area (Å²) >= 11 is 0. The van der Waals surface area contributed by atoms with E-state index in [4.69, 9.17) is 11.5 Å². The Morgan fingerprint density at radius 3 is 2.41 bits per heavy atom. The van der Waals surface area contributed by atoms with Gasteiger partial charge < -0.3 is 16.2 Å². The van der Waals surface area contributed by atoms with Gasteiger partial charge in [0.1, 0.15) is 5.75 Å². The molecule has 0 aliphatic heterocycles. The Morgan fingerprint density at radius 2 is 1.82 bits per heavy atom. The van der Waals surface area contributed by atoms with Gasteiger partial charge in [-0.2, -0.15) is 0 Å². The summed E-state index contributed by atoms with van der Waals surface area (Å²) in [6, 6.07) is 8.46. The molecule has 0 saturated carbocycles. The summed E-state index contributed by atoms with van der Waals surface area (Å²) in [5, 5.41) is 0. The van der Waals surface area contributed by atoms with Gasteiger partial charge in [0.15, 0.2) is 0 Å². The fourth-order valence-electron chi connectivity index (χ4n) is 2.07. The lowest BCUT2D eigenvalue weighted by Gasteiger charge is -2.15. The Kier molecular flexibility index (Phi) is 3.99. The molecule has 2 aromatic carbocycles. The highest BCUT2D eigenvalue weighted by Gasteiger charge is 2.32. The number of nitrogens with two attached hydrogens (primary N) is 2. The topological polar surface area (TPSA) is 78.3 Å². The predicted octanol–water partition coefficient (Wildman–Crippen LogP) is 3.24. The number of carbonyl (C=O) groups excluding carboxylic acids is 1. The van der Waals surface area contributed by atoms with E-state index in [9.17, 15) is 18.0 Å². The highest BCUT2D eigenvalue weighted by atomic mass is 19.4. The smallest absolute Gasteiger partial charge is 0.405 e. The zero-order chi connectivity index (χ0) is 16.5. The van der Waals surface area contributed by atoms with Crippen molar-refractivity contribution in [1.29, 1.82) is 0 Å². The van der Waals surface area contributed by atoms with Gasteiger partial charge in [-0.3, -0.25) is 4.79 Å². The van der Waals surface area contributed by atoms with Gasteiger partial charge in [-0.05, 0) is 36.2 Å². The molecule has 0 heterocycles. The Morgan fingerprint density at radius 1 is 1.18 bits per heavy atom. The van der Waals surface area contributed by atoms with Crippen LogP contribution in [-0.4, -0.2) is 12.3 Å². The number of primary amides is 1. The maximum Gasteiger partial charge on any atom is 0.573 e. The highest BCUT2D eigenvalue weighted by Crippen LogP contribution is 2.35. The van der Waals surface area contributed by atoms with Crippen molar-refractivity contribution in [2.75, 3.05) is 5.73 Å². The lowest BCUT2D eigenvalue weighted by molar-refractivity contribution is -0.274. The number of amides is 1. The fourth-order valence-corrected chi connectivity index (χ4v) is 2.07. The molecule has 0 atom stereocenters. The van der Waals surface area contributed by atoms with Gasteiger partial charge >= 0.3 is 6.36 Å². The second kappa shape index (κ2) is 5.59. The van der Waals surface area contributed by atoms with Crippen LogP contribution >= 0.6 is 0 Å². The number of rotatable bonds is 3. The third kappa shape index (κ3) is 3.30. The van der Waals surface area contributed by atoms with E-state index in [1.165, 1.54) is 30.3 Å². The van der Waals surface area contributed by atoms with Crippen molar-refractivity contribution in [1.82, 2.24) is 0 Å². The van der Waals surface area contributed by atoms with Gasteiger partial charge in [0.25, 0.3) is 0 Å². The van der Waals surface area contributed by atoms with Crippen LogP contribution in [0.4, 0.5) is 18.9 Å². The van der Waals surface area contributed by atoms with Crippen LogP contribution in [0.1, 0.15) is 15.9 Å². The summed E-state index contributed by atoms with van der Waals surface area (Å²) in [7, 11) is 0. The summed E-state index contributed by atoms with van der Waals surface area (Å²) in [5.41, 5.74) is 12.4. The van der Waals surface area contributed by atoms with Gasteiger partial charge in [0, 0.05) is 16.8 Å². The lowest BCUT2D eigenvalue weighted by atomic mass is 9.97. The third-order valence-electron chi connectivity index (χ3n) is 3.14. The maximum atomic E-state index is 12.5. The minimum Gasteiger partial charge on any atom is -0.405 e. The Labute approximate surface area is 124 Å². The fraction of sp³-hybridized carbons (Fsp3) is 0.133. The number of alkyl halides is 3. The number of benzene rings is 2. The molecule has 4 N–H and O–H groups in total. The summed E-state index contributed by atoms with van der Waals surface area (Å²) < 4.78 is 41.4. The zero-order valence-electron chi connectivity index (χ0n) is 11.6. The van der Waals surface area contributed by atoms with Crippen molar-refractivity contribution in [2.45, 2.75) is 13.3 Å². The van der Waals surface area contributed by atoms with Crippen molar-refractivity contribution >= 4 is 11.6 Å². The van der Waals surface area contributed by atoms with E-state index in [1.807, 2.05) is 0 Å². The normalized spacial score (nSPS) is 11.3. The Bertz CT molecular complexity index is 727. The van der Waals surface area contributed by atoms with Crippen LogP contribution < -0.4 is 16.2 Å². The first kappa shape index (κ1) is 15.7. The average Bonchev–Trinajstić information content (AvgIpc) is 2.40. The van der Waals surface area contributed by atoms with E-state index in [1.54, 1.807) is 13.0 Å². The first-order valence-corrected chi connectivity index (χ1v) is 6.24. The second-order valence-corrected chi connectivity index (χ2v) is 4.65. The minimum atomic E-state index is -4.82. The molecule has 0 aromatic heterocycles. The molecule has 0 saturated heterocycles. The van der Waals surface area contributed by atoms with E-state index in [-0.39, 0.29) is 22.6 Å². The highest BCUT2D eigenvalue weighted by molar-refractivity contribution is 5.97. The van der Waals surface area contributed by atoms with Gasteiger partial charge in [0.2, 0.25) is 5.91 Å². The van der Waals surface area contributed by atoms with Gasteiger partial charge in [-0.15, -0.1) is 13.2 Å². The molecule has 0 unspecified atom stereocenters. The van der Waals surface area contributed by atoms with E-state index >= 15 is 0 Å². The molecule has 0 fully saturated rings. The minimum absolute atomic E-state index is 0.150. The van der Waals surface area contributed by atoms with Crippen LogP contribution in [0.3, 0.4) is 0 Å². The quantitative estimate of drug-likeness (QED) is 0.854. The number of halogens is 3. The number of hydrogen-bond acceptors (Lipinski definition) is 3. The molecular weight excluding hydrogens is 297 g/mol. The number of carbonyl (C=O) groups is 1. The number of nitrogen functional groups attached to an aromatic ring is 1. The van der Waals surface area contributed by atoms with Gasteiger partial charge in [0.05, 0.1) is 0 Å². The van der Waals surface area contributed by atoms with E-state index in [0.717, 1.165) is 0 Å². The Hall–Kier alpha value is -2.70. The molecule has 116 valence electrons. The maximum absolute atomic E-state index is 12.5. The summed E-state index contributed by atoms with van der Waals surface area (Å²) in [4.78, 5) is 11.4. The monoisotopic (exact) mass is 310 g/mol. The van der Waals surface area contributed by atoms with Crippen LogP contribution in [0.15, 0.2) is 36.4 Å².